The Kier molecular flexibility index (Phi) is 6.59. The lowest BCUT2D eigenvalue weighted by atomic mass is 10.3. The maximum absolute atomic E-state index is 12.0. The molecule has 0 unspecified atom stereocenters. The van der Waals surface area contributed by atoms with E-state index in [9.17, 15) is 4.79 Å². The van der Waals surface area contributed by atoms with Crippen LogP contribution in [0.5, 0.6) is 5.75 Å². The highest BCUT2D eigenvalue weighted by Gasteiger charge is 2.13. The Hall–Kier alpha value is -1.81. The van der Waals surface area contributed by atoms with E-state index in [1.807, 2.05) is 19.4 Å². The fraction of sp³-hybridized carbons (Fsp3) is 0.250. The van der Waals surface area contributed by atoms with Crippen molar-refractivity contribution in [2.45, 2.75) is 18.7 Å². The fourth-order valence-electron chi connectivity index (χ4n) is 2.03. The summed E-state index contributed by atoms with van der Waals surface area (Å²) in [6.07, 6.45) is 0. The van der Waals surface area contributed by atoms with Gasteiger partial charge in [-0.05, 0) is 25.1 Å². The summed E-state index contributed by atoms with van der Waals surface area (Å²) in [5.41, 5.74) is 0.877. The number of anilines is 1. The van der Waals surface area contributed by atoms with Gasteiger partial charge < -0.3 is 14.6 Å². The molecule has 2 heterocycles. The molecule has 0 spiro atoms. The number of carbonyl (C=O) groups excluding carboxylic acids is 1. The van der Waals surface area contributed by atoms with Crippen molar-refractivity contribution in [1.82, 2.24) is 19.7 Å². The lowest BCUT2D eigenvalue weighted by molar-refractivity contribution is -0.113. The van der Waals surface area contributed by atoms with E-state index in [1.165, 1.54) is 23.1 Å². The van der Waals surface area contributed by atoms with Crippen molar-refractivity contribution in [2.75, 3.05) is 11.1 Å². The number of nitrogens with zero attached hydrogens (tertiary/aromatic N) is 4. The predicted molar refractivity (Wildman–Crippen MR) is 108 cm³/mol. The first kappa shape index (κ1) is 19.9. The summed E-state index contributed by atoms with van der Waals surface area (Å²) in [6, 6.07) is 5.00. The van der Waals surface area contributed by atoms with Crippen LogP contribution in [0.15, 0.2) is 28.7 Å². The van der Waals surface area contributed by atoms with E-state index < -0.39 is 0 Å². The summed E-state index contributed by atoms with van der Waals surface area (Å²) in [7, 11) is 1.81. The van der Waals surface area contributed by atoms with Gasteiger partial charge in [0.15, 0.2) is 16.1 Å². The number of benzene rings is 1. The van der Waals surface area contributed by atoms with Crippen molar-refractivity contribution in [3.05, 3.63) is 45.1 Å². The first-order chi connectivity index (χ1) is 12.9. The Morgan fingerprint density at radius 1 is 1.37 bits per heavy atom. The SMILES string of the molecule is Cc1csc(NC(=O)CSc2nnc(COc3ccc(Cl)cc3Cl)n2C)n1. The summed E-state index contributed by atoms with van der Waals surface area (Å²) in [5.74, 6) is 1.17. The summed E-state index contributed by atoms with van der Waals surface area (Å²) < 4.78 is 7.44. The Morgan fingerprint density at radius 2 is 2.19 bits per heavy atom. The molecular formula is C16H15Cl2N5O2S2. The van der Waals surface area contributed by atoms with E-state index in [0.29, 0.717) is 31.9 Å². The third-order valence-corrected chi connectivity index (χ3v) is 5.80. The fourth-order valence-corrected chi connectivity index (χ4v) is 3.93. The molecule has 1 amide bonds. The van der Waals surface area contributed by atoms with Crippen LogP contribution in [0.3, 0.4) is 0 Å². The topological polar surface area (TPSA) is 81.9 Å². The lowest BCUT2D eigenvalue weighted by Crippen LogP contribution is -2.14. The molecule has 1 N–H and O–H groups in total. The molecule has 0 radical (unpaired) electrons. The molecular weight excluding hydrogens is 429 g/mol. The van der Waals surface area contributed by atoms with Gasteiger partial charge in [-0.15, -0.1) is 21.5 Å². The molecule has 0 fully saturated rings. The van der Waals surface area contributed by atoms with Crippen molar-refractivity contribution >= 4 is 57.3 Å². The van der Waals surface area contributed by atoms with Gasteiger partial charge in [0.1, 0.15) is 12.4 Å². The molecule has 27 heavy (non-hydrogen) atoms. The van der Waals surface area contributed by atoms with Gasteiger partial charge in [-0.1, -0.05) is 35.0 Å². The van der Waals surface area contributed by atoms with Gasteiger partial charge in [-0.3, -0.25) is 4.79 Å². The molecule has 142 valence electrons. The largest absolute Gasteiger partial charge is 0.484 e. The molecule has 7 nitrogen and oxygen atoms in total. The second-order valence-corrected chi connectivity index (χ2v) is 8.10. The van der Waals surface area contributed by atoms with Gasteiger partial charge in [-0.25, -0.2) is 4.98 Å². The van der Waals surface area contributed by atoms with Crippen LogP contribution in [0.25, 0.3) is 0 Å². The third kappa shape index (κ3) is 5.35. The van der Waals surface area contributed by atoms with E-state index in [0.717, 1.165) is 5.69 Å². The molecule has 3 rings (SSSR count). The second-order valence-electron chi connectivity index (χ2n) is 5.45. The highest BCUT2D eigenvalue weighted by molar-refractivity contribution is 7.99. The van der Waals surface area contributed by atoms with E-state index in [-0.39, 0.29) is 18.3 Å². The quantitative estimate of drug-likeness (QED) is 0.551. The molecule has 0 aliphatic rings. The molecule has 0 aliphatic carbocycles. The van der Waals surface area contributed by atoms with Crippen LogP contribution in [0.2, 0.25) is 10.0 Å². The highest BCUT2D eigenvalue weighted by atomic mass is 35.5. The van der Waals surface area contributed by atoms with Gasteiger partial charge in [-0.2, -0.15) is 0 Å². The number of aromatic nitrogens is 4. The van der Waals surface area contributed by atoms with Crippen LogP contribution in [-0.4, -0.2) is 31.4 Å². The van der Waals surface area contributed by atoms with Crippen LogP contribution >= 0.6 is 46.3 Å². The van der Waals surface area contributed by atoms with Crippen LogP contribution in [0.1, 0.15) is 11.5 Å². The minimum Gasteiger partial charge on any atom is -0.484 e. The minimum absolute atomic E-state index is 0.150. The van der Waals surface area contributed by atoms with Crippen LogP contribution < -0.4 is 10.1 Å². The highest BCUT2D eigenvalue weighted by Crippen LogP contribution is 2.28. The molecule has 0 saturated heterocycles. The van der Waals surface area contributed by atoms with Gasteiger partial charge >= 0.3 is 0 Å². The predicted octanol–water partition coefficient (Wildman–Crippen LogP) is 4.20. The van der Waals surface area contributed by atoms with Gasteiger partial charge in [0.25, 0.3) is 0 Å². The van der Waals surface area contributed by atoms with E-state index in [1.54, 1.807) is 22.8 Å². The number of amides is 1. The maximum Gasteiger partial charge on any atom is 0.236 e. The Morgan fingerprint density at radius 3 is 2.89 bits per heavy atom. The summed E-state index contributed by atoms with van der Waals surface area (Å²) in [4.78, 5) is 16.2. The number of thioether (sulfide) groups is 1. The number of nitrogens with one attached hydrogen (secondary N) is 1. The average molecular weight is 444 g/mol. The van der Waals surface area contributed by atoms with Crippen molar-refractivity contribution in [2.24, 2.45) is 7.05 Å². The van der Waals surface area contributed by atoms with Gasteiger partial charge in [0.05, 0.1) is 16.5 Å². The maximum atomic E-state index is 12.0. The average Bonchev–Trinajstić information content (AvgIpc) is 3.18. The van der Waals surface area contributed by atoms with E-state index >= 15 is 0 Å². The molecule has 11 heteroatoms. The first-order valence-electron chi connectivity index (χ1n) is 7.73. The molecule has 0 saturated carbocycles. The normalized spacial score (nSPS) is 10.8. The standard InChI is InChI=1S/C16H15Cl2N5O2S2/c1-9-7-26-15(19-9)20-14(24)8-27-16-22-21-13(23(16)2)6-25-12-4-3-10(17)5-11(12)18/h3-5,7H,6,8H2,1-2H3,(H,19,20,24). The second kappa shape index (κ2) is 8.92. The smallest absolute Gasteiger partial charge is 0.236 e. The molecule has 3 aromatic rings. The number of thiazole rings is 1. The molecule has 0 bridgehead atoms. The summed E-state index contributed by atoms with van der Waals surface area (Å²) >= 11 is 14.6. The monoisotopic (exact) mass is 443 g/mol. The van der Waals surface area contributed by atoms with Crippen molar-refractivity contribution in [3.63, 3.8) is 0 Å². The summed E-state index contributed by atoms with van der Waals surface area (Å²) in [6.45, 7) is 2.07. The van der Waals surface area contributed by atoms with Crippen molar-refractivity contribution in [3.8, 4) is 5.75 Å². The first-order valence-corrected chi connectivity index (χ1v) is 10.4. The van der Waals surface area contributed by atoms with E-state index in [2.05, 4.69) is 20.5 Å². The van der Waals surface area contributed by atoms with Crippen molar-refractivity contribution < 1.29 is 9.53 Å². The number of hydrogen-bond acceptors (Lipinski definition) is 7. The third-order valence-electron chi connectivity index (χ3n) is 3.37. The lowest BCUT2D eigenvalue weighted by Gasteiger charge is -2.08. The zero-order valence-corrected chi connectivity index (χ0v) is 17.5. The molecule has 1 aromatic carbocycles. The van der Waals surface area contributed by atoms with Crippen LogP contribution in [-0.2, 0) is 18.4 Å². The minimum atomic E-state index is -0.150. The number of carbonyl (C=O) groups is 1. The van der Waals surface area contributed by atoms with Gasteiger partial charge in [0, 0.05) is 17.5 Å². The van der Waals surface area contributed by atoms with Gasteiger partial charge in [0.2, 0.25) is 5.91 Å². The number of aryl methyl sites for hydroxylation is 1. The summed E-state index contributed by atoms with van der Waals surface area (Å²) in [5, 5.41) is 15.0. The number of halogens is 2. The van der Waals surface area contributed by atoms with E-state index in [4.69, 9.17) is 27.9 Å². The zero-order chi connectivity index (χ0) is 19.4. The number of ether oxygens (including phenoxy) is 1. The number of hydrogen-bond donors (Lipinski definition) is 1. The van der Waals surface area contributed by atoms with Crippen LogP contribution in [0.4, 0.5) is 5.13 Å². The Labute approximate surface area is 174 Å². The Balaban J connectivity index is 1.54. The van der Waals surface area contributed by atoms with Crippen LogP contribution in [0, 0.1) is 6.92 Å². The molecule has 2 aromatic heterocycles. The number of rotatable bonds is 7. The molecule has 0 atom stereocenters. The zero-order valence-electron chi connectivity index (χ0n) is 14.4. The Bertz CT molecular complexity index is 960. The molecule has 0 aliphatic heterocycles. The van der Waals surface area contributed by atoms with Crippen molar-refractivity contribution in [1.29, 1.82) is 0 Å².